The van der Waals surface area contributed by atoms with Crippen LogP contribution in [0.1, 0.15) is 27.9 Å². The summed E-state index contributed by atoms with van der Waals surface area (Å²) in [4.78, 5) is 23.2. The van der Waals surface area contributed by atoms with Crippen molar-refractivity contribution in [2.75, 3.05) is 0 Å². The lowest BCUT2D eigenvalue weighted by Crippen LogP contribution is -2.33. The summed E-state index contributed by atoms with van der Waals surface area (Å²) in [7, 11) is 1.66. The van der Waals surface area contributed by atoms with E-state index in [1.54, 1.807) is 13.1 Å². The van der Waals surface area contributed by atoms with Gasteiger partial charge >= 0.3 is 5.97 Å². The molecule has 2 aromatic heterocycles. The van der Waals surface area contributed by atoms with E-state index in [0.717, 1.165) is 0 Å². The molecular weight excluding hydrogens is 264 g/mol. The molecule has 1 unspecified atom stereocenters. The molecule has 0 fully saturated rings. The van der Waals surface area contributed by atoms with Crippen molar-refractivity contribution in [2.24, 2.45) is 12.8 Å². The van der Waals surface area contributed by atoms with Gasteiger partial charge < -0.3 is 20.6 Å². The summed E-state index contributed by atoms with van der Waals surface area (Å²) < 4.78 is 6.62. The molecule has 0 radical (unpaired) electrons. The molecule has 0 aliphatic carbocycles. The minimum Gasteiger partial charge on any atom is -0.479 e. The van der Waals surface area contributed by atoms with E-state index < -0.39 is 17.9 Å². The molecule has 1 amide bonds. The number of amides is 1. The Kier molecular flexibility index (Phi) is 3.85. The molecule has 0 aromatic carbocycles. The van der Waals surface area contributed by atoms with E-state index in [2.05, 4.69) is 10.4 Å². The van der Waals surface area contributed by atoms with E-state index in [4.69, 9.17) is 10.2 Å². The first-order chi connectivity index (χ1) is 9.51. The summed E-state index contributed by atoms with van der Waals surface area (Å²) >= 11 is 0. The summed E-state index contributed by atoms with van der Waals surface area (Å²) in [6, 6.07) is 1.82. The van der Waals surface area contributed by atoms with Crippen molar-refractivity contribution in [3.05, 3.63) is 41.6 Å². The van der Waals surface area contributed by atoms with E-state index in [9.17, 15) is 14.7 Å². The van der Waals surface area contributed by atoms with Crippen LogP contribution in [0.25, 0.3) is 0 Å². The van der Waals surface area contributed by atoms with E-state index in [-0.39, 0.29) is 12.3 Å². The second-order valence-corrected chi connectivity index (χ2v) is 4.16. The summed E-state index contributed by atoms with van der Waals surface area (Å²) in [6.07, 6.45) is 2.90. The number of carbonyl (C=O) groups is 2. The van der Waals surface area contributed by atoms with Crippen LogP contribution in [0.15, 0.2) is 28.9 Å². The van der Waals surface area contributed by atoms with Gasteiger partial charge in [-0.15, -0.1) is 0 Å². The highest BCUT2D eigenvalue weighted by atomic mass is 16.4. The number of carboxylic acids is 1. The summed E-state index contributed by atoms with van der Waals surface area (Å²) in [5, 5.41) is 15.4. The molecule has 0 spiro atoms. The summed E-state index contributed by atoms with van der Waals surface area (Å²) in [5.41, 5.74) is 5.75. The SMILES string of the molecule is Cn1cc(C(NC(=O)c2ccc(CN)o2)C(=O)O)cn1. The summed E-state index contributed by atoms with van der Waals surface area (Å²) in [6.45, 7) is 0.165. The fourth-order valence-corrected chi connectivity index (χ4v) is 1.69. The molecule has 4 N–H and O–H groups in total. The molecule has 0 saturated heterocycles. The van der Waals surface area contributed by atoms with Crippen molar-refractivity contribution < 1.29 is 19.1 Å². The maximum absolute atomic E-state index is 11.9. The zero-order valence-corrected chi connectivity index (χ0v) is 10.7. The third-order valence-corrected chi connectivity index (χ3v) is 2.67. The van der Waals surface area contributed by atoms with Crippen molar-refractivity contribution in [1.82, 2.24) is 15.1 Å². The van der Waals surface area contributed by atoms with Crippen LogP contribution in [0.4, 0.5) is 0 Å². The molecule has 20 heavy (non-hydrogen) atoms. The predicted octanol–water partition coefficient (Wildman–Crippen LogP) is 0.0275. The standard InChI is InChI=1S/C12H14N4O4/c1-16-6-7(5-14-16)10(12(18)19)15-11(17)9-3-2-8(4-13)20-9/h2-3,5-6,10H,4,13H2,1H3,(H,15,17)(H,18,19). The first-order valence-electron chi connectivity index (χ1n) is 5.82. The average molecular weight is 278 g/mol. The number of hydrogen-bond donors (Lipinski definition) is 3. The van der Waals surface area contributed by atoms with Gasteiger partial charge in [-0.1, -0.05) is 0 Å². The lowest BCUT2D eigenvalue weighted by atomic mass is 10.1. The van der Waals surface area contributed by atoms with Gasteiger partial charge in [0.2, 0.25) is 0 Å². The number of nitrogens with zero attached hydrogens (tertiary/aromatic N) is 2. The van der Waals surface area contributed by atoms with Crippen LogP contribution in [0, 0.1) is 0 Å². The Morgan fingerprint density at radius 2 is 2.30 bits per heavy atom. The van der Waals surface area contributed by atoms with Gasteiger partial charge in [0.25, 0.3) is 5.91 Å². The second-order valence-electron chi connectivity index (χ2n) is 4.16. The van der Waals surface area contributed by atoms with Crippen LogP contribution < -0.4 is 11.1 Å². The van der Waals surface area contributed by atoms with Crippen LogP contribution in [-0.2, 0) is 18.4 Å². The van der Waals surface area contributed by atoms with Crippen LogP contribution in [0.3, 0.4) is 0 Å². The fourth-order valence-electron chi connectivity index (χ4n) is 1.69. The van der Waals surface area contributed by atoms with Crippen molar-refractivity contribution in [3.63, 3.8) is 0 Å². The minimum atomic E-state index is -1.19. The lowest BCUT2D eigenvalue weighted by Gasteiger charge is -2.11. The zero-order chi connectivity index (χ0) is 14.7. The molecule has 0 saturated carbocycles. The maximum Gasteiger partial charge on any atom is 0.331 e. The van der Waals surface area contributed by atoms with E-state index in [1.165, 1.54) is 23.1 Å². The number of furan rings is 1. The quantitative estimate of drug-likeness (QED) is 0.708. The van der Waals surface area contributed by atoms with Gasteiger partial charge in [0.05, 0.1) is 12.7 Å². The Hall–Kier alpha value is -2.61. The molecule has 8 heteroatoms. The lowest BCUT2D eigenvalue weighted by molar-refractivity contribution is -0.139. The van der Waals surface area contributed by atoms with Crippen LogP contribution in [-0.4, -0.2) is 26.8 Å². The number of carbonyl (C=O) groups excluding carboxylic acids is 1. The Balaban J connectivity index is 2.16. The Bertz CT molecular complexity index is 631. The van der Waals surface area contributed by atoms with Gasteiger partial charge in [-0.2, -0.15) is 5.10 Å². The number of aryl methyl sites for hydroxylation is 1. The average Bonchev–Trinajstić information content (AvgIpc) is 3.03. The fraction of sp³-hybridized carbons (Fsp3) is 0.250. The monoisotopic (exact) mass is 278 g/mol. The van der Waals surface area contributed by atoms with Gasteiger partial charge in [-0.05, 0) is 12.1 Å². The van der Waals surface area contributed by atoms with Crippen molar-refractivity contribution in [1.29, 1.82) is 0 Å². The maximum atomic E-state index is 11.9. The van der Waals surface area contributed by atoms with Crippen LogP contribution in [0.5, 0.6) is 0 Å². The molecule has 2 aromatic rings. The smallest absolute Gasteiger partial charge is 0.331 e. The number of carboxylic acid groups (broad SMARTS) is 1. The van der Waals surface area contributed by atoms with Crippen molar-refractivity contribution in [2.45, 2.75) is 12.6 Å². The van der Waals surface area contributed by atoms with E-state index in [0.29, 0.717) is 11.3 Å². The first-order valence-corrected chi connectivity index (χ1v) is 5.82. The van der Waals surface area contributed by atoms with E-state index in [1.807, 2.05) is 0 Å². The van der Waals surface area contributed by atoms with Crippen molar-refractivity contribution >= 4 is 11.9 Å². The Labute approximate surface area is 114 Å². The minimum absolute atomic E-state index is 0.0144. The van der Waals surface area contributed by atoms with Crippen LogP contribution >= 0.6 is 0 Å². The van der Waals surface area contributed by atoms with Gasteiger partial charge in [-0.3, -0.25) is 9.48 Å². The molecule has 2 heterocycles. The van der Waals surface area contributed by atoms with Crippen molar-refractivity contribution in [3.8, 4) is 0 Å². The Morgan fingerprint density at radius 3 is 2.80 bits per heavy atom. The molecule has 8 nitrogen and oxygen atoms in total. The van der Waals surface area contributed by atoms with Gasteiger partial charge in [0, 0.05) is 18.8 Å². The molecule has 0 aliphatic heterocycles. The number of rotatable bonds is 5. The van der Waals surface area contributed by atoms with Crippen LogP contribution in [0.2, 0.25) is 0 Å². The highest BCUT2D eigenvalue weighted by Crippen LogP contribution is 2.14. The number of hydrogen-bond acceptors (Lipinski definition) is 5. The highest BCUT2D eigenvalue weighted by Gasteiger charge is 2.25. The molecular formula is C12H14N4O4. The van der Waals surface area contributed by atoms with Gasteiger partial charge in [0.1, 0.15) is 5.76 Å². The molecule has 0 aliphatic rings. The number of nitrogens with one attached hydrogen (secondary N) is 1. The molecule has 106 valence electrons. The predicted molar refractivity (Wildman–Crippen MR) is 67.7 cm³/mol. The summed E-state index contributed by atoms with van der Waals surface area (Å²) in [5.74, 6) is -1.35. The first kappa shape index (κ1) is 13.8. The van der Waals surface area contributed by atoms with Gasteiger partial charge in [-0.25, -0.2) is 4.79 Å². The third-order valence-electron chi connectivity index (χ3n) is 2.67. The molecule has 0 bridgehead atoms. The number of nitrogens with two attached hydrogens (primary N) is 1. The number of aliphatic carboxylic acids is 1. The third kappa shape index (κ3) is 2.86. The Morgan fingerprint density at radius 1 is 1.55 bits per heavy atom. The topological polar surface area (TPSA) is 123 Å². The van der Waals surface area contributed by atoms with E-state index >= 15 is 0 Å². The normalized spacial score (nSPS) is 12.1. The number of aromatic nitrogens is 2. The second kappa shape index (κ2) is 5.57. The molecule has 2 rings (SSSR count). The molecule has 1 atom stereocenters. The highest BCUT2D eigenvalue weighted by molar-refractivity contribution is 5.94. The largest absolute Gasteiger partial charge is 0.479 e. The zero-order valence-electron chi connectivity index (χ0n) is 10.7. The van der Waals surface area contributed by atoms with Gasteiger partial charge in [0.15, 0.2) is 11.8 Å².